The molecule has 2 aromatic carbocycles. The molecule has 2 aliphatic heterocycles. The first-order valence-corrected chi connectivity index (χ1v) is 10.9. The Morgan fingerprint density at radius 3 is 2.65 bits per heavy atom. The predicted octanol–water partition coefficient (Wildman–Crippen LogP) is 2.58. The minimum atomic E-state index is -0.465. The van der Waals surface area contributed by atoms with Crippen molar-refractivity contribution in [1.82, 2.24) is 10.2 Å². The van der Waals surface area contributed by atoms with E-state index in [0.717, 1.165) is 11.1 Å². The Balaban J connectivity index is 1.40. The number of hydrogen-bond donors (Lipinski definition) is 1. The number of amidine groups is 1. The van der Waals surface area contributed by atoms with Crippen LogP contribution in [-0.4, -0.2) is 55.3 Å². The number of carbonyl (C=O) groups excluding carboxylic acids is 3. The van der Waals surface area contributed by atoms with Gasteiger partial charge in [0.15, 0.2) is 0 Å². The van der Waals surface area contributed by atoms with Gasteiger partial charge in [-0.25, -0.2) is 4.79 Å². The van der Waals surface area contributed by atoms with Crippen LogP contribution in [0.25, 0.3) is 0 Å². The van der Waals surface area contributed by atoms with Gasteiger partial charge in [-0.15, -0.1) is 0 Å². The average Bonchev–Trinajstić information content (AvgIpc) is 3.10. The van der Waals surface area contributed by atoms with E-state index in [2.05, 4.69) is 10.3 Å². The molecule has 2 amide bonds. The zero-order valence-electron chi connectivity index (χ0n) is 18.8. The molecule has 0 saturated carbocycles. The molecule has 0 aromatic heterocycles. The van der Waals surface area contributed by atoms with Crippen LogP contribution in [0, 0.1) is 0 Å². The van der Waals surface area contributed by atoms with E-state index in [0.29, 0.717) is 30.1 Å². The van der Waals surface area contributed by atoms with Gasteiger partial charge in [0.2, 0.25) is 0 Å². The number of aliphatic imine (C=N–C) groups is 1. The van der Waals surface area contributed by atoms with Crippen LogP contribution in [0.2, 0.25) is 0 Å². The summed E-state index contributed by atoms with van der Waals surface area (Å²) in [5.41, 5.74) is 2.73. The molecule has 2 aliphatic rings. The van der Waals surface area contributed by atoms with Gasteiger partial charge in [-0.05, 0) is 35.4 Å². The van der Waals surface area contributed by atoms with Crippen molar-refractivity contribution in [2.24, 2.45) is 4.99 Å². The van der Waals surface area contributed by atoms with Gasteiger partial charge >= 0.3 is 5.97 Å². The van der Waals surface area contributed by atoms with Crippen LogP contribution in [0.1, 0.15) is 27.6 Å². The van der Waals surface area contributed by atoms with Gasteiger partial charge in [-0.1, -0.05) is 48.5 Å². The summed E-state index contributed by atoms with van der Waals surface area (Å²) in [4.78, 5) is 43.2. The topological polar surface area (TPSA) is 97.3 Å². The van der Waals surface area contributed by atoms with E-state index in [9.17, 15) is 14.4 Å². The van der Waals surface area contributed by atoms with Gasteiger partial charge in [0, 0.05) is 12.1 Å². The van der Waals surface area contributed by atoms with Crippen molar-refractivity contribution in [1.29, 1.82) is 0 Å². The maximum absolute atomic E-state index is 13.0. The Kier molecular flexibility index (Phi) is 7.29. The van der Waals surface area contributed by atoms with E-state index >= 15 is 0 Å². The molecule has 1 N–H and O–H groups in total. The molecule has 2 aromatic rings. The Labute approximate surface area is 197 Å². The first-order valence-electron chi connectivity index (χ1n) is 10.9. The highest BCUT2D eigenvalue weighted by Gasteiger charge is 2.32. The maximum Gasteiger partial charge on any atom is 0.337 e. The third kappa shape index (κ3) is 5.47. The van der Waals surface area contributed by atoms with Crippen molar-refractivity contribution in [2.75, 3.05) is 26.8 Å². The fraction of sp³-hybridized carbons (Fsp3) is 0.231. The lowest BCUT2D eigenvalue weighted by molar-refractivity contribution is -0.135. The molecule has 34 heavy (non-hydrogen) atoms. The molecule has 2 heterocycles. The Bertz CT molecular complexity index is 1170. The standard InChI is InChI=1S/C26H25N3O5/c1-33-26(32)19-11-12-23(27-14-13-19)28-24(30)17-34-22-16-29(15-18-7-3-2-4-8-18)25(31)21-10-6-5-9-20(21)22/h2-13,22H,14-17H2,1H3,(H,27,28,30). The minimum absolute atomic E-state index is 0.0596. The van der Waals surface area contributed by atoms with E-state index in [-0.39, 0.29) is 25.0 Å². The van der Waals surface area contributed by atoms with Gasteiger partial charge in [0.25, 0.3) is 11.8 Å². The van der Waals surface area contributed by atoms with Gasteiger partial charge in [0.05, 0.1) is 25.8 Å². The molecule has 0 aliphatic carbocycles. The van der Waals surface area contributed by atoms with E-state index < -0.39 is 12.1 Å². The summed E-state index contributed by atoms with van der Waals surface area (Å²) in [7, 11) is 1.31. The largest absolute Gasteiger partial charge is 0.465 e. The van der Waals surface area contributed by atoms with E-state index in [1.54, 1.807) is 29.2 Å². The average molecular weight is 460 g/mol. The number of carbonyl (C=O) groups is 3. The van der Waals surface area contributed by atoms with Crippen molar-refractivity contribution < 1.29 is 23.9 Å². The SMILES string of the molecule is COC(=O)C1=CCN=C(NC(=O)COC2CN(Cc3ccccc3)C(=O)c3ccccc32)C=C1. The zero-order valence-corrected chi connectivity index (χ0v) is 18.8. The van der Waals surface area contributed by atoms with Crippen molar-refractivity contribution in [3.05, 3.63) is 95.1 Å². The molecule has 0 saturated heterocycles. The number of nitrogens with one attached hydrogen (secondary N) is 1. The molecular formula is C26H25N3O5. The molecule has 0 radical (unpaired) electrons. The first kappa shape index (κ1) is 23.1. The molecule has 8 nitrogen and oxygen atoms in total. The lowest BCUT2D eigenvalue weighted by Gasteiger charge is -2.34. The number of esters is 1. The molecule has 0 fully saturated rings. The van der Waals surface area contributed by atoms with Crippen LogP contribution in [0.3, 0.4) is 0 Å². The molecule has 1 atom stereocenters. The molecule has 0 bridgehead atoms. The van der Waals surface area contributed by atoms with Gasteiger partial charge in [0.1, 0.15) is 18.5 Å². The fourth-order valence-electron chi connectivity index (χ4n) is 3.84. The molecule has 4 rings (SSSR count). The van der Waals surface area contributed by atoms with E-state index in [1.165, 1.54) is 7.11 Å². The maximum atomic E-state index is 13.0. The second kappa shape index (κ2) is 10.7. The van der Waals surface area contributed by atoms with Crippen molar-refractivity contribution >= 4 is 23.6 Å². The Hall–Kier alpha value is -4.04. The van der Waals surface area contributed by atoms with E-state index in [4.69, 9.17) is 9.47 Å². The molecule has 1 unspecified atom stereocenters. The number of hydrogen-bond acceptors (Lipinski definition) is 6. The summed E-state index contributed by atoms with van der Waals surface area (Å²) in [6, 6.07) is 17.1. The Morgan fingerprint density at radius 2 is 1.85 bits per heavy atom. The quantitative estimate of drug-likeness (QED) is 0.670. The number of rotatable bonds is 6. The second-order valence-electron chi connectivity index (χ2n) is 7.82. The van der Waals surface area contributed by atoms with Crippen molar-refractivity contribution in [3.8, 4) is 0 Å². The number of methoxy groups -OCH3 is 1. The molecule has 0 spiro atoms. The zero-order chi connectivity index (χ0) is 23.9. The lowest BCUT2D eigenvalue weighted by atomic mass is 9.96. The van der Waals surface area contributed by atoms with Crippen LogP contribution in [0.4, 0.5) is 0 Å². The van der Waals surface area contributed by atoms with Crippen LogP contribution in [-0.2, 0) is 25.6 Å². The second-order valence-corrected chi connectivity index (χ2v) is 7.82. The summed E-state index contributed by atoms with van der Waals surface area (Å²) < 4.78 is 10.7. The van der Waals surface area contributed by atoms with Crippen LogP contribution in [0.5, 0.6) is 0 Å². The third-order valence-corrected chi connectivity index (χ3v) is 5.53. The molecule has 174 valence electrons. The summed E-state index contributed by atoms with van der Waals surface area (Å²) in [5.74, 6) is -0.578. The normalized spacial score (nSPS) is 17.3. The Morgan fingerprint density at radius 1 is 1.09 bits per heavy atom. The summed E-state index contributed by atoms with van der Waals surface area (Å²) >= 11 is 0. The number of fused-ring (bicyclic) bond motifs is 1. The van der Waals surface area contributed by atoms with Gasteiger partial charge in [-0.3, -0.25) is 14.6 Å². The monoisotopic (exact) mass is 459 g/mol. The molecule has 8 heteroatoms. The highest BCUT2D eigenvalue weighted by atomic mass is 16.5. The summed E-state index contributed by atoms with van der Waals surface area (Å²) in [6.07, 6.45) is 4.27. The van der Waals surface area contributed by atoms with Crippen LogP contribution in [0.15, 0.2) is 83.4 Å². The lowest BCUT2D eigenvalue weighted by Crippen LogP contribution is -2.41. The van der Waals surface area contributed by atoms with Crippen molar-refractivity contribution in [2.45, 2.75) is 12.6 Å². The highest BCUT2D eigenvalue weighted by molar-refractivity contribution is 6.06. The highest BCUT2D eigenvalue weighted by Crippen LogP contribution is 2.30. The first-order chi connectivity index (χ1) is 16.5. The minimum Gasteiger partial charge on any atom is -0.465 e. The van der Waals surface area contributed by atoms with E-state index in [1.807, 2.05) is 48.5 Å². The summed E-state index contributed by atoms with van der Waals surface area (Å²) in [6.45, 7) is 0.819. The summed E-state index contributed by atoms with van der Waals surface area (Å²) in [5, 5.41) is 2.69. The van der Waals surface area contributed by atoms with Gasteiger partial charge in [-0.2, -0.15) is 0 Å². The number of nitrogens with zero attached hydrogens (tertiary/aromatic N) is 2. The smallest absolute Gasteiger partial charge is 0.337 e. The predicted molar refractivity (Wildman–Crippen MR) is 126 cm³/mol. The van der Waals surface area contributed by atoms with Crippen LogP contribution >= 0.6 is 0 Å². The fourth-order valence-corrected chi connectivity index (χ4v) is 3.84. The third-order valence-electron chi connectivity index (χ3n) is 5.53. The van der Waals surface area contributed by atoms with Crippen molar-refractivity contribution in [3.63, 3.8) is 0 Å². The van der Waals surface area contributed by atoms with Crippen LogP contribution < -0.4 is 5.32 Å². The number of benzene rings is 2. The van der Waals surface area contributed by atoms with Gasteiger partial charge < -0.3 is 19.7 Å². The number of ether oxygens (including phenoxy) is 2. The molecular weight excluding hydrogens is 434 g/mol. The number of amides is 2.